The van der Waals surface area contributed by atoms with Gasteiger partial charge in [0.2, 0.25) is 0 Å². The summed E-state index contributed by atoms with van der Waals surface area (Å²) in [5.74, 6) is 0. The van der Waals surface area contributed by atoms with E-state index in [1.807, 2.05) is 30.3 Å². The lowest BCUT2D eigenvalue weighted by atomic mass is 10.1. The third-order valence-corrected chi connectivity index (χ3v) is 4.66. The fourth-order valence-electron chi connectivity index (χ4n) is 3.47. The molecule has 0 aliphatic carbocycles. The highest BCUT2D eigenvalue weighted by Gasteiger charge is 2.14. The number of hydrogen-bond donors (Lipinski definition) is 0. The topological polar surface area (TPSA) is 60.4 Å². The maximum absolute atomic E-state index is 10.9. The number of rotatable bonds is 2. The second-order valence-corrected chi connectivity index (χ2v) is 6.18. The molecule has 0 N–H and O–H groups in total. The molecule has 5 aromatic rings. The minimum atomic E-state index is -0.390. The van der Waals surface area contributed by atoms with Crippen molar-refractivity contribution >= 4 is 33.1 Å². The van der Waals surface area contributed by atoms with Gasteiger partial charge in [0, 0.05) is 23.1 Å². The van der Waals surface area contributed by atoms with Crippen molar-refractivity contribution in [3.05, 3.63) is 89.0 Å². The summed E-state index contributed by atoms with van der Waals surface area (Å²) >= 11 is 0. The Kier molecular flexibility index (Phi) is 3.03. The molecule has 0 saturated heterocycles. The van der Waals surface area contributed by atoms with Gasteiger partial charge in [0.25, 0.3) is 5.69 Å². The van der Waals surface area contributed by atoms with Crippen molar-refractivity contribution in [1.29, 1.82) is 0 Å². The van der Waals surface area contributed by atoms with Crippen LogP contribution in [0.2, 0.25) is 0 Å². The summed E-state index contributed by atoms with van der Waals surface area (Å²) < 4.78 is 2.20. The van der Waals surface area contributed by atoms with E-state index in [1.165, 1.54) is 12.1 Å². The molecular formula is C21H13N3O2. The zero-order chi connectivity index (χ0) is 17.7. The van der Waals surface area contributed by atoms with Gasteiger partial charge in [-0.1, -0.05) is 30.3 Å². The summed E-state index contributed by atoms with van der Waals surface area (Å²) in [6.07, 6.45) is 0. The van der Waals surface area contributed by atoms with Crippen LogP contribution in [-0.4, -0.2) is 14.3 Å². The number of benzene rings is 3. The summed E-state index contributed by atoms with van der Waals surface area (Å²) in [6, 6.07) is 24.9. The third-order valence-electron chi connectivity index (χ3n) is 4.66. The summed E-state index contributed by atoms with van der Waals surface area (Å²) in [4.78, 5) is 15.4. The predicted octanol–water partition coefficient (Wildman–Crippen LogP) is 5.22. The molecule has 2 heterocycles. The number of aromatic nitrogens is 2. The van der Waals surface area contributed by atoms with Crippen molar-refractivity contribution in [2.75, 3.05) is 0 Å². The monoisotopic (exact) mass is 339 g/mol. The number of non-ortho nitro benzene ring substituents is 1. The Hall–Kier alpha value is -3.73. The lowest BCUT2D eigenvalue weighted by molar-refractivity contribution is -0.384. The van der Waals surface area contributed by atoms with Gasteiger partial charge in [-0.05, 0) is 36.4 Å². The molecular weight excluding hydrogens is 326 g/mol. The molecule has 0 radical (unpaired) electrons. The van der Waals surface area contributed by atoms with Crippen LogP contribution in [0.3, 0.4) is 0 Å². The van der Waals surface area contributed by atoms with Gasteiger partial charge >= 0.3 is 0 Å². The normalized spacial score (nSPS) is 11.4. The zero-order valence-corrected chi connectivity index (χ0v) is 13.7. The summed E-state index contributed by atoms with van der Waals surface area (Å²) in [5.41, 5.74) is 5.77. The number of nitro groups is 1. The van der Waals surface area contributed by atoms with Crippen LogP contribution in [0, 0.1) is 10.1 Å². The van der Waals surface area contributed by atoms with E-state index in [0.29, 0.717) is 0 Å². The van der Waals surface area contributed by atoms with Crippen molar-refractivity contribution in [2.24, 2.45) is 0 Å². The molecule has 0 unspecified atom stereocenters. The number of para-hydroxylation sites is 3. The van der Waals surface area contributed by atoms with Crippen LogP contribution >= 0.6 is 0 Å². The Labute approximate surface area is 148 Å². The first kappa shape index (κ1) is 14.6. The quantitative estimate of drug-likeness (QED) is 0.327. The van der Waals surface area contributed by atoms with E-state index < -0.39 is 4.92 Å². The largest absolute Gasteiger partial charge is 0.306 e. The smallest absolute Gasteiger partial charge is 0.269 e. The lowest BCUT2D eigenvalue weighted by Crippen LogP contribution is -1.95. The van der Waals surface area contributed by atoms with Crippen LogP contribution in [-0.2, 0) is 0 Å². The molecule has 26 heavy (non-hydrogen) atoms. The van der Waals surface area contributed by atoms with Crippen LogP contribution in [0.15, 0.2) is 78.9 Å². The molecule has 0 spiro atoms. The second kappa shape index (κ2) is 5.39. The van der Waals surface area contributed by atoms with Gasteiger partial charge in [0.05, 0.1) is 32.7 Å². The molecule has 5 heteroatoms. The molecule has 0 aliphatic rings. The Balaban J connectivity index is 1.90. The van der Waals surface area contributed by atoms with Gasteiger partial charge in [0.15, 0.2) is 0 Å². The van der Waals surface area contributed by atoms with E-state index in [9.17, 15) is 10.1 Å². The average Bonchev–Trinajstić information content (AvgIpc) is 3.07. The van der Waals surface area contributed by atoms with Gasteiger partial charge in [-0.2, -0.15) is 0 Å². The Bertz CT molecular complexity index is 1300. The van der Waals surface area contributed by atoms with E-state index in [1.54, 1.807) is 12.1 Å². The second-order valence-electron chi connectivity index (χ2n) is 6.18. The van der Waals surface area contributed by atoms with E-state index in [0.717, 1.165) is 38.7 Å². The Morgan fingerprint density at radius 1 is 0.808 bits per heavy atom. The van der Waals surface area contributed by atoms with Crippen molar-refractivity contribution in [1.82, 2.24) is 9.38 Å². The molecule has 0 atom stereocenters. The number of nitro benzene ring substituents is 1. The van der Waals surface area contributed by atoms with Crippen molar-refractivity contribution in [3.8, 4) is 11.3 Å². The minimum absolute atomic E-state index is 0.0751. The van der Waals surface area contributed by atoms with E-state index >= 15 is 0 Å². The zero-order valence-electron chi connectivity index (χ0n) is 13.7. The molecule has 124 valence electrons. The fourth-order valence-corrected chi connectivity index (χ4v) is 3.47. The van der Waals surface area contributed by atoms with Crippen molar-refractivity contribution in [3.63, 3.8) is 0 Å². The van der Waals surface area contributed by atoms with E-state index in [4.69, 9.17) is 4.98 Å². The minimum Gasteiger partial charge on any atom is -0.306 e. The highest BCUT2D eigenvalue weighted by Crippen LogP contribution is 2.32. The first-order valence-corrected chi connectivity index (χ1v) is 8.26. The molecule has 5 rings (SSSR count). The van der Waals surface area contributed by atoms with E-state index in [2.05, 4.69) is 28.7 Å². The van der Waals surface area contributed by atoms with Gasteiger partial charge in [-0.25, -0.2) is 4.98 Å². The molecule has 0 amide bonds. The molecule has 5 nitrogen and oxygen atoms in total. The lowest BCUT2D eigenvalue weighted by Gasteiger charge is -2.09. The SMILES string of the molecule is O=[N+]([O-])c1ccc(-c2nc3ccccc3n3c2cc2ccccc23)cc1. The average molecular weight is 339 g/mol. The van der Waals surface area contributed by atoms with Crippen LogP contribution in [0.1, 0.15) is 0 Å². The standard InChI is InChI=1S/C21H13N3O2/c25-24(26)16-11-9-14(10-12-16)21-20-13-15-5-1-3-7-18(15)23(20)19-8-4-2-6-17(19)22-21/h1-13H. The predicted molar refractivity (Wildman–Crippen MR) is 102 cm³/mol. The van der Waals surface area contributed by atoms with Gasteiger partial charge < -0.3 is 4.40 Å². The van der Waals surface area contributed by atoms with Crippen molar-refractivity contribution < 1.29 is 4.92 Å². The first-order chi connectivity index (χ1) is 12.7. The molecule has 0 fully saturated rings. The first-order valence-electron chi connectivity index (χ1n) is 8.26. The molecule has 0 saturated carbocycles. The number of fused-ring (bicyclic) bond motifs is 5. The van der Waals surface area contributed by atoms with Crippen LogP contribution in [0.5, 0.6) is 0 Å². The molecule has 3 aromatic carbocycles. The van der Waals surface area contributed by atoms with Crippen LogP contribution in [0.4, 0.5) is 5.69 Å². The molecule has 0 aliphatic heterocycles. The summed E-state index contributed by atoms with van der Waals surface area (Å²) in [6.45, 7) is 0. The highest BCUT2D eigenvalue weighted by molar-refractivity contribution is 5.98. The number of hydrogen-bond acceptors (Lipinski definition) is 3. The third kappa shape index (κ3) is 2.07. The van der Waals surface area contributed by atoms with Gasteiger partial charge in [0.1, 0.15) is 0 Å². The Morgan fingerprint density at radius 2 is 1.50 bits per heavy atom. The van der Waals surface area contributed by atoms with Gasteiger partial charge in [-0.3, -0.25) is 10.1 Å². The molecule has 2 aromatic heterocycles. The number of nitrogens with zero attached hydrogens (tertiary/aromatic N) is 3. The van der Waals surface area contributed by atoms with Crippen molar-refractivity contribution in [2.45, 2.75) is 0 Å². The Morgan fingerprint density at radius 3 is 2.27 bits per heavy atom. The van der Waals surface area contributed by atoms with Crippen LogP contribution in [0.25, 0.3) is 38.7 Å². The molecule has 0 bridgehead atoms. The highest BCUT2D eigenvalue weighted by atomic mass is 16.6. The van der Waals surface area contributed by atoms with E-state index in [-0.39, 0.29) is 5.69 Å². The van der Waals surface area contributed by atoms with Gasteiger partial charge in [-0.15, -0.1) is 0 Å². The fraction of sp³-hybridized carbons (Fsp3) is 0. The summed E-state index contributed by atoms with van der Waals surface area (Å²) in [7, 11) is 0. The maximum Gasteiger partial charge on any atom is 0.269 e. The maximum atomic E-state index is 10.9. The van der Waals surface area contributed by atoms with Crippen LogP contribution < -0.4 is 0 Å². The summed E-state index contributed by atoms with van der Waals surface area (Å²) in [5, 5.41) is 12.1.